The molecule has 0 aromatic heterocycles. The van der Waals surface area contributed by atoms with Gasteiger partial charge in [-0.3, -0.25) is 9.89 Å². The molecule has 1 heterocycles. The Hall–Kier alpha value is -1.44. The Morgan fingerprint density at radius 3 is 2.67 bits per heavy atom. The summed E-state index contributed by atoms with van der Waals surface area (Å²) in [6.07, 6.45) is -2.37. The minimum absolute atomic E-state index is 0.351. The van der Waals surface area contributed by atoms with Crippen molar-refractivity contribution in [3.63, 3.8) is 0 Å². The lowest BCUT2D eigenvalue weighted by molar-refractivity contribution is -0.137. The number of rotatable bonds is 5. The Kier molecular flexibility index (Phi) is 6.77. The lowest BCUT2D eigenvalue weighted by Crippen LogP contribution is -2.34. The summed E-state index contributed by atoms with van der Waals surface area (Å²) < 4.78 is 38.5. The van der Waals surface area contributed by atoms with Gasteiger partial charge < -0.3 is 0 Å². The molecule has 7 heteroatoms. The van der Waals surface area contributed by atoms with Gasteiger partial charge in [-0.25, -0.2) is 0 Å². The van der Waals surface area contributed by atoms with Crippen LogP contribution in [0, 0.1) is 17.2 Å². The van der Waals surface area contributed by atoms with Gasteiger partial charge in [-0.15, -0.1) is 0 Å². The van der Waals surface area contributed by atoms with E-state index in [4.69, 9.17) is 5.26 Å². The Morgan fingerprint density at radius 1 is 1.38 bits per heavy atom. The van der Waals surface area contributed by atoms with Crippen LogP contribution < -0.4 is 0 Å². The molecule has 1 aromatic rings. The fourth-order valence-electron chi connectivity index (χ4n) is 2.81. The van der Waals surface area contributed by atoms with Crippen LogP contribution >= 0.6 is 8.58 Å². The highest BCUT2D eigenvalue weighted by Gasteiger charge is 2.30. The maximum atomic E-state index is 12.8. The Labute approximate surface area is 142 Å². The molecule has 2 rings (SSSR count). The Bertz CT molecular complexity index is 614. The molecule has 1 fully saturated rings. The second-order valence-electron chi connectivity index (χ2n) is 5.90. The van der Waals surface area contributed by atoms with E-state index in [0.29, 0.717) is 33.2 Å². The average Bonchev–Trinajstić information content (AvgIpc) is 2.57. The minimum atomic E-state index is -4.33. The SMILES string of the molecule is CPC(=NCC1CCN(CC#N)CC1)c1cccc(C(F)(F)F)c1. The first kappa shape index (κ1) is 18.9. The Morgan fingerprint density at radius 2 is 2.08 bits per heavy atom. The molecule has 1 aliphatic rings. The van der Waals surface area contributed by atoms with Crippen molar-refractivity contribution in [2.75, 3.05) is 32.8 Å². The quantitative estimate of drug-likeness (QED) is 0.455. The predicted octanol–water partition coefficient (Wildman–Crippen LogP) is 4.00. The van der Waals surface area contributed by atoms with Crippen molar-refractivity contribution >= 4 is 14.0 Å². The van der Waals surface area contributed by atoms with Crippen LogP contribution in [0.3, 0.4) is 0 Å². The maximum absolute atomic E-state index is 12.8. The second kappa shape index (κ2) is 8.60. The number of aliphatic imine (C=N–C) groups is 1. The van der Waals surface area contributed by atoms with Gasteiger partial charge in [0, 0.05) is 12.1 Å². The van der Waals surface area contributed by atoms with Crippen LogP contribution in [0.1, 0.15) is 24.0 Å². The lowest BCUT2D eigenvalue weighted by atomic mass is 9.97. The number of benzene rings is 1. The van der Waals surface area contributed by atoms with E-state index in [1.165, 1.54) is 12.1 Å². The third kappa shape index (κ3) is 5.29. The van der Waals surface area contributed by atoms with Crippen LogP contribution in [0.25, 0.3) is 0 Å². The molecule has 0 bridgehead atoms. The fraction of sp³-hybridized carbons (Fsp3) is 0.529. The van der Waals surface area contributed by atoms with Crippen molar-refractivity contribution in [1.82, 2.24) is 4.90 Å². The van der Waals surface area contributed by atoms with Gasteiger partial charge in [0.2, 0.25) is 0 Å². The molecule has 0 aliphatic carbocycles. The number of hydrogen-bond acceptors (Lipinski definition) is 3. The highest BCUT2D eigenvalue weighted by Crippen LogP contribution is 2.31. The summed E-state index contributed by atoms with van der Waals surface area (Å²) in [5, 5.41) is 8.71. The van der Waals surface area contributed by atoms with Gasteiger partial charge >= 0.3 is 6.18 Å². The monoisotopic (exact) mass is 355 g/mol. The van der Waals surface area contributed by atoms with E-state index in [-0.39, 0.29) is 0 Å². The molecule has 0 radical (unpaired) electrons. The standard InChI is InChI=1S/C17H21F3N3P/c1-24-16(14-3-2-4-15(11-14)17(18,19)20)22-12-13-5-8-23(9-6-13)10-7-21/h2-4,11,13,24H,5-6,8-10,12H2,1H3. The molecule has 0 amide bonds. The van der Waals surface area contributed by atoms with E-state index < -0.39 is 11.7 Å². The number of alkyl halides is 3. The van der Waals surface area contributed by atoms with Gasteiger partial charge in [-0.1, -0.05) is 20.7 Å². The van der Waals surface area contributed by atoms with Crippen molar-refractivity contribution in [2.45, 2.75) is 19.0 Å². The summed E-state index contributed by atoms with van der Waals surface area (Å²) in [6, 6.07) is 7.56. The van der Waals surface area contributed by atoms with Crippen LogP contribution in [-0.2, 0) is 6.18 Å². The van der Waals surface area contributed by atoms with Crippen LogP contribution in [0.15, 0.2) is 29.3 Å². The van der Waals surface area contributed by atoms with Gasteiger partial charge in [-0.05, 0) is 50.6 Å². The largest absolute Gasteiger partial charge is 0.416 e. The smallest absolute Gasteiger partial charge is 0.291 e. The first-order chi connectivity index (χ1) is 11.4. The molecule has 130 valence electrons. The number of halogens is 3. The van der Waals surface area contributed by atoms with Crippen LogP contribution in [0.4, 0.5) is 13.2 Å². The van der Waals surface area contributed by atoms with Crippen molar-refractivity contribution in [1.29, 1.82) is 5.26 Å². The van der Waals surface area contributed by atoms with Gasteiger partial charge in [-0.2, -0.15) is 18.4 Å². The summed E-state index contributed by atoms with van der Waals surface area (Å²) in [5.74, 6) is 0.442. The molecule has 0 spiro atoms. The first-order valence-electron chi connectivity index (χ1n) is 7.93. The highest BCUT2D eigenvalue weighted by atomic mass is 31.1. The number of hydrogen-bond donors (Lipinski definition) is 0. The van der Waals surface area contributed by atoms with E-state index in [0.717, 1.165) is 37.5 Å². The Balaban J connectivity index is 2.02. The molecule has 1 aliphatic heterocycles. The number of nitrogens with zero attached hydrogens (tertiary/aromatic N) is 3. The van der Waals surface area contributed by atoms with Crippen molar-refractivity contribution in [3.05, 3.63) is 35.4 Å². The topological polar surface area (TPSA) is 39.4 Å². The van der Waals surface area contributed by atoms with E-state index in [2.05, 4.69) is 16.0 Å². The van der Waals surface area contributed by atoms with Gasteiger partial charge in [0.1, 0.15) is 0 Å². The molecule has 1 saturated heterocycles. The lowest BCUT2D eigenvalue weighted by Gasteiger charge is -2.29. The molecular formula is C17H21F3N3P. The minimum Gasteiger partial charge on any atom is -0.291 e. The summed E-state index contributed by atoms with van der Waals surface area (Å²) in [4.78, 5) is 6.73. The average molecular weight is 355 g/mol. The van der Waals surface area contributed by atoms with Crippen molar-refractivity contribution in [3.8, 4) is 6.07 Å². The maximum Gasteiger partial charge on any atom is 0.416 e. The molecule has 0 saturated carbocycles. The molecule has 24 heavy (non-hydrogen) atoms. The van der Waals surface area contributed by atoms with Gasteiger partial charge in [0.15, 0.2) is 0 Å². The first-order valence-corrected chi connectivity index (χ1v) is 9.43. The number of piperidine rings is 1. The summed E-state index contributed by atoms with van der Waals surface area (Å²) in [7, 11) is 0.351. The molecule has 0 N–H and O–H groups in total. The van der Waals surface area contributed by atoms with Crippen LogP contribution in [-0.4, -0.2) is 43.2 Å². The van der Waals surface area contributed by atoms with Gasteiger partial charge in [0.25, 0.3) is 0 Å². The third-order valence-corrected chi connectivity index (χ3v) is 5.13. The zero-order valence-corrected chi connectivity index (χ0v) is 14.6. The molecule has 1 atom stereocenters. The summed E-state index contributed by atoms with van der Waals surface area (Å²) in [6.45, 7) is 4.82. The van der Waals surface area contributed by atoms with Crippen molar-refractivity contribution < 1.29 is 13.2 Å². The van der Waals surface area contributed by atoms with Crippen LogP contribution in [0.2, 0.25) is 0 Å². The van der Waals surface area contributed by atoms with Crippen LogP contribution in [0.5, 0.6) is 0 Å². The van der Waals surface area contributed by atoms with E-state index >= 15 is 0 Å². The molecule has 1 unspecified atom stereocenters. The molecular weight excluding hydrogens is 334 g/mol. The van der Waals surface area contributed by atoms with Gasteiger partial charge in [0.05, 0.1) is 23.6 Å². The number of likely N-dealkylation sites (tertiary alicyclic amines) is 1. The van der Waals surface area contributed by atoms with Crippen molar-refractivity contribution in [2.24, 2.45) is 10.9 Å². The molecule has 1 aromatic carbocycles. The second-order valence-corrected chi connectivity index (χ2v) is 6.87. The summed E-state index contributed by atoms with van der Waals surface area (Å²) in [5.41, 5.74) is 0.684. The van der Waals surface area contributed by atoms with E-state index in [1.54, 1.807) is 6.07 Å². The fourth-order valence-corrected chi connectivity index (χ4v) is 3.50. The predicted molar refractivity (Wildman–Crippen MR) is 91.9 cm³/mol. The number of nitriles is 1. The highest BCUT2D eigenvalue weighted by molar-refractivity contribution is 7.58. The zero-order valence-electron chi connectivity index (χ0n) is 13.6. The molecule has 3 nitrogen and oxygen atoms in total. The normalized spacial score (nSPS) is 18.2. The van der Waals surface area contributed by atoms with E-state index in [9.17, 15) is 13.2 Å². The zero-order chi connectivity index (χ0) is 17.6. The third-order valence-electron chi connectivity index (χ3n) is 4.21. The van der Waals surface area contributed by atoms with E-state index in [1.807, 2.05) is 6.66 Å². The summed E-state index contributed by atoms with van der Waals surface area (Å²) >= 11 is 0.